The van der Waals surface area contributed by atoms with Crippen LogP contribution < -0.4 is 0 Å². The summed E-state index contributed by atoms with van der Waals surface area (Å²) in [5.74, 6) is 0.165. The summed E-state index contributed by atoms with van der Waals surface area (Å²) in [5, 5.41) is 25.3. The maximum absolute atomic E-state index is 12.6. The molecule has 0 fully saturated rings. The largest absolute Gasteiger partial charge is 0.507 e. The minimum absolute atomic E-state index is 0.0673. The van der Waals surface area contributed by atoms with Crippen molar-refractivity contribution in [2.75, 3.05) is 0 Å². The number of ketones is 1. The van der Waals surface area contributed by atoms with Gasteiger partial charge in [0.15, 0.2) is 11.6 Å². The molecule has 0 spiro atoms. The molecule has 0 atom stereocenters. The molecule has 0 radical (unpaired) electrons. The van der Waals surface area contributed by atoms with Gasteiger partial charge in [0.2, 0.25) is 5.16 Å². The molecule has 0 unspecified atom stereocenters. The SMILES string of the molecule is O=C(C1=CSc2nnc(-c3ccc(Cl)cc3)n2N=C1)c1ccccc1O. The maximum atomic E-state index is 12.6. The van der Waals surface area contributed by atoms with Gasteiger partial charge in [-0.3, -0.25) is 4.79 Å². The molecule has 0 amide bonds. The Labute approximate surface area is 157 Å². The number of thioether (sulfide) groups is 1. The third-order valence-electron chi connectivity index (χ3n) is 3.73. The average Bonchev–Trinajstić information content (AvgIpc) is 2.93. The van der Waals surface area contributed by atoms with Gasteiger partial charge in [0.1, 0.15) is 5.75 Å². The van der Waals surface area contributed by atoms with Crippen molar-refractivity contribution in [2.45, 2.75) is 5.16 Å². The number of halogens is 1. The highest BCUT2D eigenvalue weighted by molar-refractivity contribution is 8.02. The lowest BCUT2D eigenvalue weighted by Crippen LogP contribution is -2.05. The molecule has 0 bridgehead atoms. The van der Waals surface area contributed by atoms with E-state index >= 15 is 0 Å². The molecule has 128 valence electrons. The van der Waals surface area contributed by atoms with Crippen molar-refractivity contribution in [1.29, 1.82) is 0 Å². The van der Waals surface area contributed by atoms with Crippen LogP contribution in [0.15, 0.2) is 69.8 Å². The highest BCUT2D eigenvalue weighted by Crippen LogP contribution is 2.29. The van der Waals surface area contributed by atoms with Crippen LogP contribution in [-0.4, -0.2) is 32.0 Å². The number of allylic oxidation sites excluding steroid dienone is 1. The van der Waals surface area contributed by atoms with Crippen molar-refractivity contribution in [3.8, 4) is 17.1 Å². The number of para-hydroxylation sites is 1. The second-order valence-electron chi connectivity index (χ2n) is 5.41. The van der Waals surface area contributed by atoms with Crippen LogP contribution in [0.2, 0.25) is 5.02 Å². The van der Waals surface area contributed by atoms with E-state index in [-0.39, 0.29) is 17.1 Å². The Balaban J connectivity index is 1.68. The lowest BCUT2D eigenvalue weighted by Gasteiger charge is -2.03. The Morgan fingerprint density at radius 2 is 1.85 bits per heavy atom. The molecule has 6 nitrogen and oxygen atoms in total. The summed E-state index contributed by atoms with van der Waals surface area (Å²) in [6.07, 6.45) is 1.45. The molecule has 0 saturated carbocycles. The highest BCUT2D eigenvalue weighted by atomic mass is 35.5. The third kappa shape index (κ3) is 3.02. The van der Waals surface area contributed by atoms with E-state index in [1.54, 1.807) is 40.4 Å². The zero-order valence-corrected chi connectivity index (χ0v) is 14.8. The smallest absolute Gasteiger partial charge is 0.216 e. The van der Waals surface area contributed by atoms with Gasteiger partial charge in [-0.15, -0.1) is 10.2 Å². The van der Waals surface area contributed by atoms with E-state index in [9.17, 15) is 9.90 Å². The van der Waals surface area contributed by atoms with E-state index in [2.05, 4.69) is 15.3 Å². The molecular formula is C18H11ClN4O2S. The van der Waals surface area contributed by atoms with Crippen LogP contribution in [0.1, 0.15) is 10.4 Å². The number of aromatic hydroxyl groups is 1. The monoisotopic (exact) mass is 382 g/mol. The van der Waals surface area contributed by atoms with E-state index in [0.29, 0.717) is 21.6 Å². The number of rotatable bonds is 3. The topological polar surface area (TPSA) is 80.4 Å². The molecule has 0 saturated heterocycles. The molecule has 26 heavy (non-hydrogen) atoms. The molecule has 1 aromatic heterocycles. The Hall–Kier alpha value is -2.90. The van der Waals surface area contributed by atoms with Gasteiger partial charge in [-0.05, 0) is 41.8 Å². The standard InChI is InChI=1S/C18H11ClN4O2S/c19-13-7-5-11(6-8-13)17-21-22-18-23(17)20-9-12(10-26-18)16(25)14-3-1-2-4-15(14)24/h1-10,24H. The Kier molecular flexibility index (Phi) is 4.32. The summed E-state index contributed by atoms with van der Waals surface area (Å²) in [6.45, 7) is 0. The summed E-state index contributed by atoms with van der Waals surface area (Å²) in [7, 11) is 0. The van der Waals surface area contributed by atoms with Gasteiger partial charge in [0.05, 0.1) is 11.8 Å². The quantitative estimate of drug-likeness (QED) is 0.692. The van der Waals surface area contributed by atoms with Gasteiger partial charge in [-0.2, -0.15) is 9.78 Å². The summed E-state index contributed by atoms with van der Waals surface area (Å²) >= 11 is 7.16. The number of hydrogen-bond donors (Lipinski definition) is 1. The Morgan fingerprint density at radius 1 is 1.08 bits per heavy atom. The van der Waals surface area contributed by atoms with E-state index in [1.165, 1.54) is 24.0 Å². The van der Waals surface area contributed by atoms with Crippen molar-refractivity contribution in [3.63, 3.8) is 0 Å². The number of phenolic OH excluding ortho intramolecular Hbond substituents is 1. The molecular weight excluding hydrogens is 372 g/mol. The summed E-state index contributed by atoms with van der Waals surface area (Å²) < 4.78 is 1.57. The third-order valence-corrected chi connectivity index (χ3v) is 4.82. The lowest BCUT2D eigenvalue weighted by atomic mass is 10.0. The molecule has 8 heteroatoms. The number of fused-ring (bicyclic) bond motifs is 1. The van der Waals surface area contributed by atoms with Crippen molar-refractivity contribution >= 4 is 35.4 Å². The second kappa shape index (κ2) is 6.78. The first kappa shape index (κ1) is 16.6. The summed E-state index contributed by atoms with van der Waals surface area (Å²) in [6, 6.07) is 13.6. The first-order chi connectivity index (χ1) is 12.6. The fourth-order valence-electron chi connectivity index (χ4n) is 2.42. The van der Waals surface area contributed by atoms with Crippen LogP contribution in [-0.2, 0) is 0 Å². The minimum atomic E-state index is -0.314. The number of carbonyl (C=O) groups excluding carboxylic acids is 1. The second-order valence-corrected chi connectivity index (χ2v) is 6.68. The first-order valence-electron chi connectivity index (χ1n) is 7.59. The lowest BCUT2D eigenvalue weighted by molar-refractivity contribution is 0.103. The van der Waals surface area contributed by atoms with E-state index in [1.807, 2.05) is 12.1 Å². The van der Waals surface area contributed by atoms with Gasteiger partial charge in [0, 0.05) is 16.2 Å². The predicted molar refractivity (Wildman–Crippen MR) is 101 cm³/mol. The number of Topliss-reactive ketones (excluding diaryl/α,β-unsaturated/α-hetero) is 1. The number of nitrogens with zero attached hydrogens (tertiary/aromatic N) is 4. The Morgan fingerprint density at radius 3 is 2.62 bits per heavy atom. The molecule has 1 N–H and O–H groups in total. The zero-order chi connectivity index (χ0) is 18.1. The summed E-state index contributed by atoms with van der Waals surface area (Å²) in [4.78, 5) is 12.6. The van der Waals surface area contributed by atoms with Crippen LogP contribution in [0.4, 0.5) is 0 Å². The van der Waals surface area contributed by atoms with Crippen LogP contribution in [0.25, 0.3) is 11.4 Å². The molecule has 4 rings (SSSR count). The van der Waals surface area contributed by atoms with Crippen LogP contribution >= 0.6 is 23.4 Å². The van der Waals surface area contributed by atoms with Gasteiger partial charge in [-0.1, -0.05) is 35.5 Å². The van der Waals surface area contributed by atoms with Gasteiger partial charge in [0.25, 0.3) is 0 Å². The molecule has 3 aromatic rings. The predicted octanol–water partition coefficient (Wildman–Crippen LogP) is 4.01. The fourth-order valence-corrected chi connectivity index (χ4v) is 3.27. The van der Waals surface area contributed by atoms with Crippen molar-refractivity contribution in [2.24, 2.45) is 5.10 Å². The van der Waals surface area contributed by atoms with Crippen LogP contribution in [0, 0.1) is 0 Å². The van der Waals surface area contributed by atoms with Gasteiger partial charge < -0.3 is 5.11 Å². The molecule has 1 aliphatic heterocycles. The van der Waals surface area contributed by atoms with Crippen molar-refractivity contribution in [1.82, 2.24) is 14.9 Å². The van der Waals surface area contributed by atoms with E-state index in [4.69, 9.17) is 11.6 Å². The Bertz CT molecular complexity index is 1060. The molecule has 2 heterocycles. The maximum Gasteiger partial charge on any atom is 0.216 e. The normalized spacial score (nSPS) is 13.0. The van der Waals surface area contributed by atoms with E-state index < -0.39 is 0 Å². The number of benzene rings is 2. The van der Waals surface area contributed by atoms with E-state index in [0.717, 1.165) is 5.56 Å². The van der Waals surface area contributed by atoms with Crippen molar-refractivity contribution < 1.29 is 9.90 Å². The fraction of sp³-hybridized carbons (Fsp3) is 0. The molecule has 1 aliphatic rings. The minimum Gasteiger partial charge on any atom is -0.507 e. The van der Waals surface area contributed by atoms with Gasteiger partial charge >= 0.3 is 0 Å². The zero-order valence-electron chi connectivity index (χ0n) is 13.2. The molecule has 0 aliphatic carbocycles. The first-order valence-corrected chi connectivity index (χ1v) is 8.84. The van der Waals surface area contributed by atoms with Crippen LogP contribution in [0.3, 0.4) is 0 Å². The number of aromatic nitrogens is 3. The summed E-state index contributed by atoms with van der Waals surface area (Å²) in [5.41, 5.74) is 1.38. The number of carbonyl (C=O) groups is 1. The number of hydrogen-bond acceptors (Lipinski definition) is 6. The van der Waals surface area contributed by atoms with Crippen LogP contribution in [0.5, 0.6) is 5.75 Å². The number of phenols is 1. The molecule has 2 aromatic carbocycles. The van der Waals surface area contributed by atoms with Crippen molar-refractivity contribution in [3.05, 3.63) is 70.1 Å². The van der Waals surface area contributed by atoms with Gasteiger partial charge in [-0.25, -0.2) is 0 Å². The average molecular weight is 383 g/mol. The highest BCUT2D eigenvalue weighted by Gasteiger charge is 2.20.